The molecule has 1 aliphatic heterocycles. The normalized spacial score (nSPS) is 25.6. The summed E-state index contributed by atoms with van der Waals surface area (Å²) in [5.74, 6) is 0. The second-order valence-electron chi connectivity index (χ2n) is 8.26. The van der Waals surface area contributed by atoms with E-state index < -0.39 is 34.2 Å². The summed E-state index contributed by atoms with van der Waals surface area (Å²) in [5.41, 5.74) is 0. The summed E-state index contributed by atoms with van der Waals surface area (Å²) in [6.07, 6.45) is 7.80. The van der Waals surface area contributed by atoms with Gasteiger partial charge in [0.15, 0.2) is 0 Å². The van der Waals surface area contributed by atoms with Gasteiger partial charge in [-0.1, -0.05) is 45.4 Å². The van der Waals surface area contributed by atoms with Crippen molar-refractivity contribution in [2.24, 2.45) is 0 Å². The maximum atomic E-state index is 6.59. The predicted molar refractivity (Wildman–Crippen MR) is 107 cm³/mol. The van der Waals surface area contributed by atoms with Crippen LogP contribution < -0.4 is 0 Å². The molecule has 0 N–H and O–H groups in total. The molecule has 0 aromatic heterocycles. The molecule has 138 valence electrons. The highest BCUT2D eigenvalue weighted by Crippen LogP contribution is 2.33. The van der Waals surface area contributed by atoms with Crippen LogP contribution in [0.5, 0.6) is 0 Å². The van der Waals surface area contributed by atoms with E-state index in [1.165, 1.54) is 38.5 Å². The maximum Gasteiger partial charge on any atom is 0.317 e. The lowest BCUT2D eigenvalue weighted by Gasteiger charge is -2.47. The van der Waals surface area contributed by atoms with Crippen molar-refractivity contribution in [1.29, 1.82) is 0 Å². The maximum absolute atomic E-state index is 6.59. The van der Waals surface area contributed by atoms with Crippen molar-refractivity contribution < 1.29 is 16.5 Å². The molecule has 0 bridgehead atoms. The van der Waals surface area contributed by atoms with Gasteiger partial charge in [0.05, 0.1) is 0 Å². The van der Waals surface area contributed by atoms with Crippen LogP contribution in [0.15, 0.2) is 0 Å². The Labute approximate surface area is 148 Å². The van der Waals surface area contributed by atoms with Crippen molar-refractivity contribution in [2.75, 3.05) is 0 Å². The largest absolute Gasteiger partial charge is 0.416 e. The number of hydrogen-bond donors (Lipinski definition) is 0. The Morgan fingerprint density at radius 3 is 1.39 bits per heavy atom. The minimum absolute atomic E-state index is 1.06. The van der Waals surface area contributed by atoms with Gasteiger partial charge in [-0.25, -0.2) is 0 Å². The van der Waals surface area contributed by atoms with Gasteiger partial charge in [-0.3, -0.25) is 0 Å². The van der Waals surface area contributed by atoms with Gasteiger partial charge in [0.25, 0.3) is 0 Å². The highest BCUT2D eigenvalue weighted by atomic mass is 28.5. The van der Waals surface area contributed by atoms with Crippen molar-refractivity contribution in [1.82, 2.24) is 0 Å². The van der Waals surface area contributed by atoms with E-state index in [0.717, 1.165) is 6.04 Å². The average Bonchev–Trinajstić information content (AvgIpc) is 2.27. The van der Waals surface area contributed by atoms with Crippen LogP contribution in [0, 0.1) is 0 Å². The van der Waals surface area contributed by atoms with E-state index in [1.54, 1.807) is 0 Å². The van der Waals surface area contributed by atoms with E-state index in [-0.39, 0.29) is 0 Å². The van der Waals surface area contributed by atoms with Crippen molar-refractivity contribution in [3.63, 3.8) is 0 Å². The second-order valence-corrected chi connectivity index (χ2v) is 22.7. The highest BCUT2D eigenvalue weighted by molar-refractivity contribution is 6.93. The van der Waals surface area contributed by atoms with Gasteiger partial charge in [-0.15, -0.1) is 0 Å². The fourth-order valence-electron chi connectivity index (χ4n) is 3.64. The van der Waals surface area contributed by atoms with E-state index in [1.807, 2.05) is 0 Å². The van der Waals surface area contributed by atoms with Crippen molar-refractivity contribution in [2.45, 2.75) is 97.3 Å². The SMILES string of the molecule is CCCCCCCC[Si]1(C)O[Si](C)(C)O[Si](C)(C)O[Si](C)(C)O1. The van der Waals surface area contributed by atoms with Crippen molar-refractivity contribution in [3.8, 4) is 0 Å². The Hall–Kier alpha value is 0.708. The zero-order valence-corrected chi connectivity index (χ0v) is 20.6. The predicted octanol–water partition coefficient (Wildman–Crippen LogP) is 5.60. The third-order valence-electron chi connectivity index (χ3n) is 3.89. The summed E-state index contributed by atoms with van der Waals surface area (Å²) >= 11 is 0. The Balaban J connectivity index is 2.67. The zero-order chi connectivity index (χ0) is 17.8. The Morgan fingerprint density at radius 1 is 0.522 bits per heavy atom. The minimum atomic E-state index is -2.23. The van der Waals surface area contributed by atoms with Gasteiger partial charge >= 0.3 is 34.2 Å². The smallest absolute Gasteiger partial charge is 0.317 e. The van der Waals surface area contributed by atoms with Crippen LogP contribution >= 0.6 is 0 Å². The summed E-state index contributed by atoms with van der Waals surface area (Å²) in [7, 11) is -8.77. The van der Waals surface area contributed by atoms with Crippen LogP contribution in [-0.4, -0.2) is 34.2 Å². The van der Waals surface area contributed by atoms with Gasteiger partial charge in [-0.2, -0.15) is 0 Å². The standard InChI is InChI=1S/C15H38O4Si4/c1-9-10-11-12-13-14-15-23(8)18-21(4,5)16-20(2,3)17-22(6,7)19-23/h9-15H2,1-8H3. The summed E-state index contributed by atoms with van der Waals surface area (Å²) in [4.78, 5) is 0. The summed E-state index contributed by atoms with van der Waals surface area (Å²) in [6.45, 7) is 17.3. The first-order valence-electron chi connectivity index (χ1n) is 9.19. The molecule has 23 heavy (non-hydrogen) atoms. The molecule has 0 aliphatic carbocycles. The minimum Gasteiger partial charge on any atom is -0.416 e. The van der Waals surface area contributed by atoms with E-state index in [4.69, 9.17) is 16.5 Å². The van der Waals surface area contributed by atoms with Crippen LogP contribution in [0.25, 0.3) is 0 Å². The molecule has 1 saturated heterocycles. The topological polar surface area (TPSA) is 36.9 Å². The molecule has 4 nitrogen and oxygen atoms in total. The van der Waals surface area contributed by atoms with Crippen LogP contribution in [-0.2, 0) is 16.5 Å². The fraction of sp³-hybridized carbons (Fsp3) is 1.00. The molecule has 0 spiro atoms. The molecular formula is C15H38O4Si4. The Kier molecular flexibility index (Phi) is 7.94. The molecular weight excluding hydrogens is 357 g/mol. The molecule has 1 fully saturated rings. The Morgan fingerprint density at radius 2 is 0.913 bits per heavy atom. The number of hydrogen-bond acceptors (Lipinski definition) is 4. The van der Waals surface area contributed by atoms with Crippen LogP contribution in [0.1, 0.15) is 45.4 Å². The molecule has 0 radical (unpaired) electrons. The average molecular weight is 395 g/mol. The lowest BCUT2D eigenvalue weighted by molar-refractivity contribution is 0.233. The van der Waals surface area contributed by atoms with Gasteiger partial charge < -0.3 is 16.5 Å². The van der Waals surface area contributed by atoms with E-state index in [9.17, 15) is 0 Å². The molecule has 0 aromatic carbocycles. The molecule has 1 aliphatic rings. The number of rotatable bonds is 7. The molecule has 0 saturated carbocycles. The van der Waals surface area contributed by atoms with Crippen molar-refractivity contribution in [3.05, 3.63) is 0 Å². The molecule has 0 atom stereocenters. The fourth-order valence-corrected chi connectivity index (χ4v) is 25.3. The van der Waals surface area contributed by atoms with Crippen LogP contribution in [0.2, 0.25) is 51.9 Å². The lowest BCUT2D eigenvalue weighted by atomic mass is 10.1. The quantitative estimate of drug-likeness (QED) is 0.416. The summed E-state index contributed by atoms with van der Waals surface area (Å²) in [6, 6.07) is 1.06. The third-order valence-corrected chi connectivity index (χ3v) is 20.4. The molecule has 0 amide bonds. The molecule has 8 heteroatoms. The van der Waals surface area contributed by atoms with Gasteiger partial charge in [0.2, 0.25) is 0 Å². The number of unbranched alkanes of at least 4 members (excludes halogenated alkanes) is 5. The summed E-state index contributed by atoms with van der Waals surface area (Å²) in [5, 5.41) is 0. The third kappa shape index (κ3) is 8.57. The van der Waals surface area contributed by atoms with E-state index in [2.05, 4.69) is 52.8 Å². The van der Waals surface area contributed by atoms with Gasteiger partial charge in [0.1, 0.15) is 0 Å². The monoisotopic (exact) mass is 394 g/mol. The lowest BCUT2D eigenvalue weighted by Crippen LogP contribution is -2.64. The Bertz CT molecular complexity index is 352. The summed E-state index contributed by atoms with van der Waals surface area (Å²) < 4.78 is 25.9. The van der Waals surface area contributed by atoms with Gasteiger partial charge in [-0.05, 0) is 51.9 Å². The first-order valence-corrected chi connectivity index (χ1v) is 20.2. The van der Waals surface area contributed by atoms with E-state index in [0.29, 0.717) is 0 Å². The van der Waals surface area contributed by atoms with Crippen LogP contribution in [0.4, 0.5) is 0 Å². The van der Waals surface area contributed by atoms with E-state index >= 15 is 0 Å². The van der Waals surface area contributed by atoms with Crippen molar-refractivity contribution >= 4 is 34.2 Å². The molecule has 1 rings (SSSR count). The van der Waals surface area contributed by atoms with Crippen LogP contribution in [0.3, 0.4) is 0 Å². The molecule has 1 heterocycles. The second kappa shape index (κ2) is 8.39. The highest BCUT2D eigenvalue weighted by Gasteiger charge is 2.51. The first-order chi connectivity index (χ1) is 10.4. The molecule has 0 aromatic rings. The molecule has 0 unspecified atom stereocenters. The van der Waals surface area contributed by atoms with Gasteiger partial charge in [0, 0.05) is 0 Å². The zero-order valence-electron chi connectivity index (χ0n) is 16.6. The first kappa shape index (κ1) is 21.7.